The summed E-state index contributed by atoms with van der Waals surface area (Å²) in [6.07, 6.45) is 0.961. The number of aliphatic hydroxyl groups excluding tert-OH is 1. The average molecular weight is 347 g/mol. The molecule has 3 rings (SSSR count). The van der Waals surface area contributed by atoms with Crippen LogP contribution in [0.25, 0.3) is 10.8 Å². The Labute approximate surface area is 131 Å². The first-order valence-corrected chi connectivity index (χ1v) is 7.32. The van der Waals surface area contributed by atoms with E-state index < -0.39 is 6.10 Å². The lowest BCUT2D eigenvalue weighted by Crippen LogP contribution is -2.07. The molecule has 5 heteroatoms. The highest BCUT2D eigenvalue weighted by Gasteiger charge is 2.18. The molecule has 0 amide bonds. The smallest absolute Gasteiger partial charge is 0.122 e. The highest BCUT2D eigenvalue weighted by molar-refractivity contribution is 9.10. The number of aliphatic hydroxyl groups is 1. The summed E-state index contributed by atoms with van der Waals surface area (Å²) in [5.74, 6) is 0.824. The van der Waals surface area contributed by atoms with Gasteiger partial charge in [0.05, 0.1) is 23.5 Å². The average Bonchev–Trinajstić information content (AvgIpc) is 2.84. The van der Waals surface area contributed by atoms with Crippen molar-refractivity contribution >= 4 is 26.7 Å². The molecule has 2 aromatic carbocycles. The molecular weight excluding hydrogens is 332 g/mol. The van der Waals surface area contributed by atoms with Crippen molar-refractivity contribution in [1.29, 1.82) is 0 Å². The molecule has 0 fully saturated rings. The van der Waals surface area contributed by atoms with E-state index in [1.165, 1.54) is 0 Å². The molecular formula is C16H15BrN2O2. The fraction of sp³-hybridized carbons (Fsp3) is 0.188. The van der Waals surface area contributed by atoms with Crippen molar-refractivity contribution in [3.63, 3.8) is 0 Å². The van der Waals surface area contributed by atoms with Gasteiger partial charge in [0.25, 0.3) is 0 Å². The fourth-order valence-corrected chi connectivity index (χ4v) is 2.99. The maximum Gasteiger partial charge on any atom is 0.122 e. The molecule has 1 aromatic heterocycles. The SMILES string of the molecule is COc1ccc2cc(C(O)c3c(Br)cnn3C)ccc2c1. The van der Waals surface area contributed by atoms with E-state index in [0.29, 0.717) is 0 Å². The molecule has 21 heavy (non-hydrogen) atoms. The summed E-state index contributed by atoms with van der Waals surface area (Å²) in [5, 5.41) is 16.9. The Balaban J connectivity index is 2.05. The summed E-state index contributed by atoms with van der Waals surface area (Å²) in [6.45, 7) is 0. The van der Waals surface area contributed by atoms with Crippen molar-refractivity contribution in [3.8, 4) is 5.75 Å². The van der Waals surface area contributed by atoms with Gasteiger partial charge in [0.2, 0.25) is 0 Å². The zero-order valence-corrected chi connectivity index (χ0v) is 13.3. The van der Waals surface area contributed by atoms with Crippen LogP contribution < -0.4 is 4.74 Å². The Morgan fingerprint density at radius 2 is 1.90 bits per heavy atom. The molecule has 0 aliphatic carbocycles. The van der Waals surface area contributed by atoms with E-state index in [2.05, 4.69) is 21.0 Å². The molecule has 1 N–H and O–H groups in total. The first kappa shape index (κ1) is 14.1. The van der Waals surface area contributed by atoms with Crippen LogP contribution in [0.2, 0.25) is 0 Å². The number of hydrogen-bond donors (Lipinski definition) is 1. The first-order chi connectivity index (χ1) is 10.1. The van der Waals surface area contributed by atoms with E-state index in [-0.39, 0.29) is 0 Å². The number of benzene rings is 2. The second-order valence-electron chi connectivity index (χ2n) is 4.88. The minimum absolute atomic E-state index is 0.724. The zero-order valence-electron chi connectivity index (χ0n) is 11.7. The number of halogens is 1. The summed E-state index contributed by atoms with van der Waals surface area (Å²) < 4.78 is 7.70. The lowest BCUT2D eigenvalue weighted by Gasteiger charge is -2.13. The Morgan fingerprint density at radius 3 is 2.57 bits per heavy atom. The third kappa shape index (κ3) is 2.54. The third-order valence-corrected chi connectivity index (χ3v) is 4.19. The Hall–Kier alpha value is -1.85. The molecule has 4 nitrogen and oxygen atoms in total. The number of ether oxygens (including phenoxy) is 1. The van der Waals surface area contributed by atoms with Crippen molar-refractivity contribution in [3.05, 3.63) is 58.3 Å². The summed E-state index contributed by atoms with van der Waals surface area (Å²) in [5.41, 5.74) is 1.57. The van der Waals surface area contributed by atoms with Gasteiger partial charge in [0, 0.05) is 7.05 Å². The normalized spacial score (nSPS) is 12.6. The van der Waals surface area contributed by atoms with Gasteiger partial charge in [-0.2, -0.15) is 5.10 Å². The standard InChI is InChI=1S/C16H15BrN2O2/c1-19-15(14(17)9-18-19)16(20)12-4-3-11-8-13(21-2)6-5-10(11)7-12/h3-9,16,20H,1-2H3. The monoisotopic (exact) mass is 346 g/mol. The van der Waals surface area contributed by atoms with Gasteiger partial charge in [-0.15, -0.1) is 0 Å². The van der Waals surface area contributed by atoms with E-state index in [9.17, 15) is 5.11 Å². The molecule has 0 spiro atoms. The van der Waals surface area contributed by atoms with Gasteiger partial charge in [0.15, 0.2) is 0 Å². The molecule has 1 unspecified atom stereocenters. The first-order valence-electron chi connectivity index (χ1n) is 6.53. The quantitative estimate of drug-likeness (QED) is 0.790. The summed E-state index contributed by atoms with van der Waals surface area (Å²) in [4.78, 5) is 0. The van der Waals surface area contributed by atoms with Crippen molar-refractivity contribution in [2.75, 3.05) is 7.11 Å². The number of fused-ring (bicyclic) bond motifs is 1. The predicted molar refractivity (Wildman–Crippen MR) is 85.5 cm³/mol. The lowest BCUT2D eigenvalue weighted by atomic mass is 10.0. The number of nitrogens with zero attached hydrogens (tertiary/aromatic N) is 2. The summed E-state index contributed by atoms with van der Waals surface area (Å²) in [7, 11) is 3.47. The van der Waals surface area contributed by atoms with E-state index in [1.807, 2.05) is 43.4 Å². The van der Waals surface area contributed by atoms with Gasteiger partial charge in [-0.25, -0.2) is 0 Å². The van der Waals surface area contributed by atoms with Crippen LogP contribution in [0.3, 0.4) is 0 Å². The van der Waals surface area contributed by atoms with Crippen molar-refractivity contribution in [1.82, 2.24) is 9.78 Å². The highest BCUT2D eigenvalue weighted by atomic mass is 79.9. The number of methoxy groups -OCH3 is 1. The summed E-state index contributed by atoms with van der Waals surface area (Å²) in [6, 6.07) is 11.8. The van der Waals surface area contributed by atoms with E-state index in [1.54, 1.807) is 18.0 Å². The molecule has 1 atom stereocenters. The predicted octanol–water partition coefficient (Wildman–Crippen LogP) is 3.43. The lowest BCUT2D eigenvalue weighted by molar-refractivity contribution is 0.209. The highest BCUT2D eigenvalue weighted by Crippen LogP contribution is 2.30. The molecule has 3 aromatic rings. The minimum Gasteiger partial charge on any atom is -0.497 e. The molecule has 108 valence electrons. The van der Waals surface area contributed by atoms with Crippen LogP contribution in [-0.4, -0.2) is 22.0 Å². The van der Waals surface area contributed by atoms with Crippen LogP contribution >= 0.6 is 15.9 Å². The fourth-order valence-electron chi connectivity index (χ4n) is 2.43. The molecule has 0 saturated heterocycles. The van der Waals surface area contributed by atoms with Gasteiger partial charge in [0.1, 0.15) is 11.9 Å². The molecule has 0 bridgehead atoms. The second kappa shape index (κ2) is 5.50. The third-order valence-electron chi connectivity index (χ3n) is 3.58. The summed E-state index contributed by atoms with van der Waals surface area (Å²) >= 11 is 3.42. The van der Waals surface area contributed by atoms with Crippen molar-refractivity contribution < 1.29 is 9.84 Å². The number of hydrogen-bond acceptors (Lipinski definition) is 3. The van der Waals surface area contributed by atoms with Crippen LogP contribution in [0.15, 0.2) is 47.1 Å². The van der Waals surface area contributed by atoms with Gasteiger partial charge >= 0.3 is 0 Å². The minimum atomic E-state index is -0.724. The maximum absolute atomic E-state index is 10.6. The van der Waals surface area contributed by atoms with Crippen LogP contribution in [0, 0.1) is 0 Å². The van der Waals surface area contributed by atoms with Crippen molar-refractivity contribution in [2.45, 2.75) is 6.10 Å². The Morgan fingerprint density at radius 1 is 1.19 bits per heavy atom. The van der Waals surface area contributed by atoms with Gasteiger partial charge < -0.3 is 9.84 Å². The van der Waals surface area contributed by atoms with E-state index in [4.69, 9.17) is 4.74 Å². The van der Waals surface area contributed by atoms with Crippen LogP contribution in [0.5, 0.6) is 5.75 Å². The molecule has 0 saturated carbocycles. The van der Waals surface area contributed by atoms with Gasteiger partial charge in [-0.3, -0.25) is 4.68 Å². The van der Waals surface area contributed by atoms with Crippen LogP contribution in [0.4, 0.5) is 0 Å². The molecule has 1 heterocycles. The topological polar surface area (TPSA) is 47.3 Å². The van der Waals surface area contributed by atoms with E-state index in [0.717, 1.165) is 32.3 Å². The van der Waals surface area contributed by atoms with Crippen LogP contribution in [0.1, 0.15) is 17.4 Å². The largest absolute Gasteiger partial charge is 0.497 e. The van der Waals surface area contributed by atoms with Gasteiger partial charge in [-0.05, 0) is 50.5 Å². The van der Waals surface area contributed by atoms with E-state index >= 15 is 0 Å². The van der Waals surface area contributed by atoms with Gasteiger partial charge in [-0.1, -0.05) is 18.2 Å². The zero-order chi connectivity index (χ0) is 15.0. The number of rotatable bonds is 3. The Kier molecular flexibility index (Phi) is 3.69. The molecule has 0 aliphatic rings. The second-order valence-corrected chi connectivity index (χ2v) is 5.73. The number of aromatic nitrogens is 2. The molecule has 0 aliphatic heterocycles. The molecule has 0 radical (unpaired) electrons. The van der Waals surface area contributed by atoms with Crippen LogP contribution in [-0.2, 0) is 7.05 Å². The Bertz CT molecular complexity index is 779. The maximum atomic E-state index is 10.6. The van der Waals surface area contributed by atoms with Crippen molar-refractivity contribution in [2.24, 2.45) is 7.05 Å². The number of aryl methyl sites for hydroxylation is 1.